The van der Waals surface area contributed by atoms with Crippen LogP contribution in [0.1, 0.15) is 48.0 Å². The minimum atomic E-state index is -1.85. The lowest BCUT2D eigenvalue weighted by molar-refractivity contribution is -0.145. The Kier molecular flexibility index (Phi) is 7.99. The Labute approximate surface area is 137 Å². The largest absolute Gasteiger partial charge is 0.469 e. The number of hydrogen-bond donors (Lipinski definition) is 0. The van der Waals surface area contributed by atoms with Crippen molar-refractivity contribution in [1.82, 2.24) is 0 Å². The van der Waals surface area contributed by atoms with Crippen molar-refractivity contribution in [3.05, 3.63) is 0 Å². The highest BCUT2D eigenvalue weighted by molar-refractivity contribution is 6.74. The highest BCUT2D eigenvalue weighted by Crippen LogP contribution is 2.37. The quantitative estimate of drug-likeness (QED) is 0.498. The Morgan fingerprint density at radius 1 is 1.09 bits per heavy atom. The van der Waals surface area contributed by atoms with Crippen LogP contribution in [0.3, 0.4) is 0 Å². The summed E-state index contributed by atoms with van der Waals surface area (Å²) in [7, 11) is -0.494. The normalized spacial score (nSPS) is 15.5. The molecule has 0 heterocycles. The van der Waals surface area contributed by atoms with E-state index < -0.39 is 8.32 Å². The second kappa shape index (κ2) is 8.25. The molecule has 0 amide bonds. The molecule has 0 fully saturated rings. The maximum atomic E-state index is 12.4. The van der Waals surface area contributed by atoms with Crippen LogP contribution in [0.15, 0.2) is 0 Å². The Hall–Kier alpha value is -0.683. The zero-order valence-electron chi connectivity index (χ0n) is 15.8. The predicted octanol–water partition coefficient (Wildman–Crippen LogP) is 4.05. The maximum absolute atomic E-state index is 12.4. The smallest absolute Gasteiger partial charge is 0.306 e. The number of methoxy groups -OCH3 is 1. The third kappa shape index (κ3) is 6.21. The fourth-order valence-electron chi connectivity index (χ4n) is 1.95. The second-order valence-electron chi connectivity index (χ2n) is 7.99. The van der Waals surface area contributed by atoms with Gasteiger partial charge < -0.3 is 9.16 Å². The Morgan fingerprint density at radius 2 is 1.59 bits per heavy atom. The van der Waals surface area contributed by atoms with Crippen molar-refractivity contribution in [1.29, 1.82) is 0 Å². The van der Waals surface area contributed by atoms with Gasteiger partial charge in [0.15, 0.2) is 8.32 Å². The number of hydrogen-bond acceptors (Lipinski definition) is 4. The van der Waals surface area contributed by atoms with Gasteiger partial charge >= 0.3 is 5.97 Å². The van der Waals surface area contributed by atoms with Gasteiger partial charge in [-0.3, -0.25) is 9.59 Å². The lowest BCUT2D eigenvalue weighted by Crippen LogP contribution is -2.43. The summed E-state index contributed by atoms with van der Waals surface area (Å²) < 4.78 is 11.0. The van der Waals surface area contributed by atoms with Crippen LogP contribution in [0.4, 0.5) is 0 Å². The average Bonchev–Trinajstić information content (AvgIpc) is 2.39. The summed E-state index contributed by atoms with van der Waals surface area (Å²) in [5.41, 5.74) is 0. The third-order valence-corrected chi connectivity index (χ3v) is 9.25. The van der Waals surface area contributed by atoms with Crippen molar-refractivity contribution in [2.75, 3.05) is 13.7 Å². The van der Waals surface area contributed by atoms with Gasteiger partial charge in [-0.15, -0.1) is 0 Å². The van der Waals surface area contributed by atoms with Crippen LogP contribution in [-0.2, 0) is 18.8 Å². The summed E-state index contributed by atoms with van der Waals surface area (Å²) >= 11 is 0. The molecule has 0 unspecified atom stereocenters. The van der Waals surface area contributed by atoms with Crippen molar-refractivity contribution in [3.8, 4) is 0 Å². The summed E-state index contributed by atoms with van der Waals surface area (Å²) in [5, 5.41) is 0.132. The van der Waals surface area contributed by atoms with E-state index in [0.717, 1.165) is 0 Å². The zero-order chi connectivity index (χ0) is 17.7. The fourth-order valence-corrected chi connectivity index (χ4v) is 3.06. The second-order valence-corrected chi connectivity index (χ2v) is 12.8. The van der Waals surface area contributed by atoms with Crippen LogP contribution in [0.2, 0.25) is 18.1 Å². The molecule has 0 radical (unpaired) electrons. The van der Waals surface area contributed by atoms with Crippen molar-refractivity contribution < 1.29 is 18.8 Å². The molecule has 130 valence electrons. The lowest BCUT2D eigenvalue weighted by atomic mass is 9.83. The molecule has 0 N–H and O–H groups in total. The first kappa shape index (κ1) is 21.3. The highest BCUT2D eigenvalue weighted by atomic mass is 28.4. The molecule has 2 atom stereocenters. The van der Waals surface area contributed by atoms with E-state index in [1.807, 2.05) is 20.8 Å². The van der Waals surface area contributed by atoms with Crippen molar-refractivity contribution in [3.63, 3.8) is 0 Å². The van der Waals surface area contributed by atoms with Gasteiger partial charge in [-0.1, -0.05) is 41.5 Å². The number of carbonyl (C=O) groups is 2. The molecule has 0 aliphatic heterocycles. The number of esters is 1. The Balaban J connectivity index is 4.94. The van der Waals surface area contributed by atoms with Crippen LogP contribution in [0.5, 0.6) is 0 Å². The molecule has 0 aromatic carbocycles. The minimum Gasteiger partial charge on any atom is -0.469 e. The Bertz CT molecular complexity index is 383. The van der Waals surface area contributed by atoms with Crippen LogP contribution in [-0.4, -0.2) is 33.8 Å². The van der Waals surface area contributed by atoms with E-state index in [9.17, 15) is 9.59 Å². The van der Waals surface area contributed by atoms with Gasteiger partial charge in [-0.25, -0.2) is 0 Å². The third-order valence-electron chi connectivity index (χ3n) is 4.75. The van der Waals surface area contributed by atoms with Crippen LogP contribution >= 0.6 is 0 Å². The van der Waals surface area contributed by atoms with E-state index in [4.69, 9.17) is 9.16 Å². The first-order valence-electron chi connectivity index (χ1n) is 8.08. The lowest BCUT2D eigenvalue weighted by Gasteiger charge is -2.37. The van der Waals surface area contributed by atoms with E-state index in [1.165, 1.54) is 7.11 Å². The molecule has 4 nitrogen and oxygen atoms in total. The number of rotatable bonds is 8. The Morgan fingerprint density at radius 3 is 1.95 bits per heavy atom. The molecule has 0 saturated carbocycles. The van der Waals surface area contributed by atoms with Crippen molar-refractivity contribution in [2.45, 2.75) is 66.1 Å². The van der Waals surface area contributed by atoms with E-state index in [-0.39, 0.29) is 41.0 Å². The first-order valence-corrected chi connectivity index (χ1v) is 11.0. The van der Waals surface area contributed by atoms with Crippen LogP contribution in [0.25, 0.3) is 0 Å². The average molecular weight is 331 g/mol. The molecule has 0 aliphatic rings. The zero-order valence-corrected chi connectivity index (χ0v) is 16.8. The predicted molar refractivity (Wildman–Crippen MR) is 92.3 cm³/mol. The minimum absolute atomic E-state index is 0.00289. The number of carbonyl (C=O) groups excluding carboxylic acids is 2. The number of ketones is 1. The van der Waals surface area contributed by atoms with Gasteiger partial charge in [0.05, 0.1) is 13.5 Å². The highest BCUT2D eigenvalue weighted by Gasteiger charge is 2.38. The summed E-state index contributed by atoms with van der Waals surface area (Å²) in [6, 6.07) is 0. The van der Waals surface area contributed by atoms with Crippen LogP contribution < -0.4 is 0 Å². The van der Waals surface area contributed by atoms with Gasteiger partial charge in [0, 0.05) is 18.4 Å². The van der Waals surface area contributed by atoms with Gasteiger partial charge in [0.25, 0.3) is 0 Å². The number of ether oxygens (including phenoxy) is 1. The molecule has 0 aliphatic carbocycles. The van der Waals surface area contributed by atoms with E-state index in [2.05, 4.69) is 33.9 Å². The van der Waals surface area contributed by atoms with E-state index in [1.54, 1.807) is 0 Å². The van der Waals surface area contributed by atoms with Crippen molar-refractivity contribution >= 4 is 20.1 Å². The standard InChI is InChI=1S/C17H34O4Si/c1-12(2)16(19)14(10-15(18)20-7)13(3)11-21-22(8,9)17(4,5)6/h12-14H,10-11H2,1-9H3/t13-,14+/m1/s1. The van der Waals surface area contributed by atoms with Gasteiger partial charge in [0.2, 0.25) is 0 Å². The molecular formula is C17H34O4Si. The number of Topliss-reactive ketones (excluding diaryl/α,β-unsaturated/α-hetero) is 1. The van der Waals surface area contributed by atoms with Gasteiger partial charge in [0.1, 0.15) is 5.78 Å². The van der Waals surface area contributed by atoms with Gasteiger partial charge in [-0.2, -0.15) is 0 Å². The molecule has 0 aromatic heterocycles. The molecule has 0 rings (SSSR count). The molecule has 0 spiro atoms. The molecule has 0 saturated heterocycles. The van der Waals surface area contributed by atoms with Gasteiger partial charge in [-0.05, 0) is 24.1 Å². The molecular weight excluding hydrogens is 296 g/mol. The summed E-state index contributed by atoms with van der Waals surface area (Å²) in [5.74, 6) is -0.653. The first-order chi connectivity index (χ1) is 9.83. The summed E-state index contributed by atoms with van der Waals surface area (Å²) in [6.45, 7) is 17.2. The van der Waals surface area contributed by atoms with Crippen molar-refractivity contribution in [2.24, 2.45) is 17.8 Å². The van der Waals surface area contributed by atoms with E-state index in [0.29, 0.717) is 6.61 Å². The van der Waals surface area contributed by atoms with E-state index >= 15 is 0 Å². The molecule has 0 aromatic rings. The maximum Gasteiger partial charge on any atom is 0.306 e. The molecule has 0 bridgehead atoms. The SMILES string of the molecule is COC(=O)C[C@H](C(=O)C(C)C)[C@H](C)CO[Si](C)(C)C(C)(C)C. The fraction of sp³-hybridized carbons (Fsp3) is 0.882. The molecule has 5 heteroatoms. The summed E-state index contributed by atoms with van der Waals surface area (Å²) in [6.07, 6.45) is 0.134. The van der Waals surface area contributed by atoms with Crippen LogP contribution in [0, 0.1) is 17.8 Å². The molecule has 22 heavy (non-hydrogen) atoms. The summed E-state index contributed by atoms with van der Waals surface area (Å²) in [4.78, 5) is 24.0. The topological polar surface area (TPSA) is 52.6 Å². The monoisotopic (exact) mass is 330 g/mol.